The molecule has 0 aliphatic carbocycles. The number of fused-ring (bicyclic) bond motifs is 7. The maximum Gasteiger partial charge on any atom is 0.147 e. The summed E-state index contributed by atoms with van der Waals surface area (Å²) in [6.45, 7) is 24.2. The molecule has 0 atom stereocenters. The van der Waals surface area contributed by atoms with Crippen molar-refractivity contribution in [2.75, 3.05) is 0 Å². The van der Waals surface area contributed by atoms with E-state index in [1.54, 1.807) is 0 Å². The molecule has 4 heterocycles. The van der Waals surface area contributed by atoms with Gasteiger partial charge in [0.2, 0.25) is 0 Å². The third-order valence-corrected chi connectivity index (χ3v) is 14.7. The minimum absolute atomic E-state index is 0. The molecule has 0 saturated heterocycles. The van der Waals surface area contributed by atoms with E-state index in [2.05, 4.69) is 225 Å². The van der Waals surface area contributed by atoms with Crippen molar-refractivity contribution < 1.29 is 24.5 Å². The molecule has 0 amide bonds. The van der Waals surface area contributed by atoms with Crippen molar-refractivity contribution in [2.24, 2.45) is 0 Å². The van der Waals surface area contributed by atoms with Crippen LogP contribution in [0.4, 0.5) is 0 Å². The van der Waals surface area contributed by atoms with E-state index in [0.717, 1.165) is 83.3 Å². The van der Waals surface area contributed by atoms with E-state index in [9.17, 15) is 0 Å². The number of furan rings is 1. The van der Waals surface area contributed by atoms with E-state index >= 15 is 0 Å². The third-order valence-electron chi connectivity index (χ3n) is 14.7. The van der Waals surface area contributed by atoms with Crippen LogP contribution in [0.25, 0.3) is 105 Å². The van der Waals surface area contributed by atoms with Gasteiger partial charge in [0.1, 0.15) is 11.1 Å². The number of nitrogens with zero attached hydrogens (tertiary/aromatic N) is 4. The average Bonchev–Trinajstić information content (AvgIpc) is 4.00. The number of pyridine rings is 2. The topological polar surface area (TPSA) is 56.7 Å². The van der Waals surface area contributed by atoms with Crippen LogP contribution < -0.4 is 0 Å². The summed E-state index contributed by atoms with van der Waals surface area (Å²) in [5.41, 5.74) is 22.2. The summed E-state index contributed by atoms with van der Waals surface area (Å²) >= 11 is 0. The summed E-state index contributed by atoms with van der Waals surface area (Å²) in [5, 5.41) is 5.62. The molecule has 75 heavy (non-hydrogen) atoms. The monoisotopic (exact) mass is 1160 g/mol. The number of hydrogen-bond donors (Lipinski definition) is 0. The molecule has 12 aromatic rings. The van der Waals surface area contributed by atoms with Crippen molar-refractivity contribution in [2.45, 2.75) is 93.4 Å². The van der Waals surface area contributed by atoms with Crippen LogP contribution >= 0.6 is 0 Å². The SMILES string of the molecule is Cc1c[c-]c(-c2nc3ccccc3n2-c2c(C(C)C)cccc2C(C)C)cc1.Cc1ccc2ccc3c4cc[c-]c(-c5cc(-c6cc7ccc(-c8ccc(C(C)(C)C)cc8)cc7cc6C)c(C)cn5)c4oc3c2n1.[Ir]. The first-order valence-electron chi connectivity index (χ1n) is 26.0. The Kier molecular flexibility index (Phi) is 13.8. The van der Waals surface area contributed by atoms with Gasteiger partial charge in [0.25, 0.3) is 0 Å². The fraction of sp³-hybridized carbons (Fsp3) is 0.203. The van der Waals surface area contributed by atoms with Gasteiger partial charge >= 0.3 is 0 Å². The molecule has 1 radical (unpaired) electrons. The molecule has 0 unspecified atom stereocenters. The summed E-state index contributed by atoms with van der Waals surface area (Å²) in [5.74, 6) is 1.80. The predicted octanol–water partition coefficient (Wildman–Crippen LogP) is 18.8. The van der Waals surface area contributed by atoms with Gasteiger partial charge < -0.3 is 14.0 Å². The number of hydrogen-bond acceptors (Lipinski definition) is 4. The number of aromatic nitrogens is 4. The third kappa shape index (κ3) is 9.63. The molecule has 12 rings (SSSR count). The van der Waals surface area contributed by atoms with E-state index in [1.807, 2.05) is 31.3 Å². The van der Waals surface area contributed by atoms with Gasteiger partial charge in [-0.15, -0.1) is 53.6 Å². The average molecular weight is 1160 g/mol. The van der Waals surface area contributed by atoms with E-state index < -0.39 is 0 Å². The van der Waals surface area contributed by atoms with Crippen molar-refractivity contribution in [1.29, 1.82) is 0 Å². The molecule has 0 N–H and O–H groups in total. The van der Waals surface area contributed by atoms with Crippen LogP contribution in [-0.2, 0) is 25.5 Å². The molecule has 0 saturated carbocycles. The Morgan fingerprint density at radius 2 is 1.28 bits per heavy atom. The molecule has 6 heteroatoms. The number of imidazole rings is 1. The van der Waals surface area contributed by atoms with Crippen molar-refractivity contribution in [3.8, 4) is 50.6 Å². The van der Waals surface area contributed by atoms with Crippen LogP contribution in [-0.4, -0.2) is 19.5 Å². The number of rotatable bonds is 7. The van der Waals surface area contributed by atoms with Gasteiger partial charge in [0.15, 0.2) is 0 Å². The van der Waals surface area contributed by atoms with Gasteiger partial charge in [0.05, 0.1) is 22.4 Å². The van der Waals surface area contributed by atoms with Crippen LogP contribution in [0.15, 0.2) is 168 Å². The standard InChI is InChI=1S/C43H35N2O.C26H27N2.Ir/c1-25-20-32-21-30(28-14-17-33(18-15-28)43(4,5)6)12-13-31(32)22-37(25)38-23-39(44-24-26(38)2)36-9-7-8-34-35-19-16-29-11-10-27(3)45-40(29)42(35)46-41(34)36;1-17(2)21-9-8-10-22(18(3)4)25(21)28-24-12-7-6-11-23(24)27-26(28)20-15-13-19(5)14-16-20;/h7-8,10-24H,1-6H3;6-15,17-18H,1-5H3;/q2*-1;. The summed E-state index contributed by atoms with van der Waals surface area (Å²) in [6.07, 6.45) is 1.97. The Morgan fingerprint density at radius 1 is 0.587 bits per heavy atom. The van der Waals surface area contributed by atoms with E-state index in [-0.39, 0.29) is 25.5 Å². The van der Waals surface area contributed by atoms with Crippen molar-refractivity contribution in [3.63, 3.8) is 0 Å². The summed E-state index contributed by atoms with van der Waals surface area (Å²) in [6, 6.07) is 63.3. The Bertz CT molecular complexity index is 4070. The molecule has 0 bridgehead atoms. The van der Waals surface area contributed by atoms with Gasteiger partial charge in [0, 0.05) is 48.5 Å². The molecule has 0 fully saturated rings. The molecule has 375 valence electrons. The predicted molar refractivity (Wildman–Crippen MR) is 311 cm³/mol. The van der Waals surface area contributed by atoms with Crippen LogP contribution in [0.3, 0.4) is 0 Å². The van der Waals surface area contributed by atoms with Crippen molar-refractivity contribution in [3.05, 3.63) is 215 Å². The minimum Gasteiger partial charge on any atom is -0.498 e. The molecular weight excluding hydrogens is 1090 g/mol. The second kappa shape index (κ2) is 20.3. The Hall–Kier alpha value is -7.50. The summed E-state index contributed by atoms with van der Waals surface area (Å²) in [4.78, 5) is 14.7. The molecule has 0 aliphatic heterocycles. The normalized spacial score (nSPS) is 11.8. The largest absolute Gasteiger partial charge is 0.498 e. The zero-order valence-electron chi connectivity index (χ0n) is 44.8. The van der Waals surface area contributed by atoms with E-state index in [1.165, 1.54) is 61.0 Å². The van der Waals surface area contributed by atoms with Crippen molar-refractivity contribution in [1.82, 2.24) is 19.5 Å². The van der Waals surface area contributed by atoms with Gasteiger partial charge in [-0.3, -0.25) is 4.98 Å². The first-order chi connectivity index (χ1) is 35.6. The van der Waals surface area contributed by atoms with Crippen molar-refractivity contribution >= 4 is 54.6 Å². The molecule has 8 aromatic carbocycles. The molecule has 0 aliphatic rings. The van der Waals surface area contributed by atoms with Gasteiger partial charge in [-0.1, -0.05) is 163 Å². The van der Waals surface area contributed by atoms with Crippen LogP contribution in [0.1, 0.15) is 99.4 Å². The second-order valence-electron chi connectivity index (χ2n) is 21.7. The van der Waals surface area contributed by atoms with E-state index in [0.29, 0.717) is 11.8 Å². The van der Waals surface area contributed by atoms with Gasteiger partial charge in [-0.05, 0) is 135 Å². The fourth-order valence-electron chi connectivity index (χ4n) is 10.5. The fourth-order valence-corrected chi connectivity index (χ4v) is 10.5. The van der Waals surface area contributed by atoms with E-state index in [4.69, 9.17) is 19.4 Å². The molecule has 5 nitrogen and oxygen atoms in total. The first kappa shape index (κ1) is 51.0. The van der Waals surface area contributed by atoms with Crippen LogP contribution in [0.5, 0.6) is 0 Å². The Labute approximate surface area is 455 Å². The smallest absolute Gasteiger partial charge is 0.147 e. The van der Waals surface area contributed by atoms with Crippen LogP contribution in [0.2, 0.25) is 0 Å². The maximum atomic E-state index is 6.60. The molecular formula is C69H62IrN4O-2. The number of para-hydroxylation sites is 3. The number of benzene rings is 8. The molecule has 0 spiro atoms. The first-order valence-corrected chi connectivity index (χ1v) is 26.0. The quantitative estimate of drug-likeness (QED) is 0.149. The maximum absolute atomic E-state index is 6.60. The zero-order chi connectivity index (χ0) is 51.6. The Morgan fingerprint density at radius 3 is 2.00 bits per heavy atom. The van der Waals surface area contributed by atoms with Gasteiger partial charge in [-0.2, -0.15) is 0 Å². The zero-order valence-corrected chi connectivity index (χ0v) is 47.2. The molecule has 4 aromatic heterocycles. The minimum atomic E-state index is 0. The second-order valence-corrected chi connectivity index (χ2v) is 21.7. The van der Waals surface area contributed by atoms with Crippen LogP contribution in [0, 0.1) is 39.8 Å². The Balaban J connectivity index is 0.000000190. The summed E-state index contributed by atoms with van der Waals surface area (Å²) in [7, 11) is 0. The van der Waals surface area contributed by atoms with Gasteiger partial charge in [-0.25, -0.2) is 4.98 Å². The summed E-state index contributed by atoms with van der Waals surface area (Å²) < 4.78 is 8.95. The number of aryl methyl sites for hydroxylation is 4.